The average Bonchev–Trinajstić information content (AvgIpc) is 2.89. The third-order valence-corrected chi connectivity index (χ3v) is 4.92. The highest BCUT2D eigenvalue weighted by Crippen LogP contribution is 2.42. The number of hydrogen-bond acceptors (Lipinski definition) is 4. The fraction of sp³-hybridized carbons (Fsp3) is 0.111. The van der Waals surface area contributed by atoms with Crippen LogP contribution in [-0.4, -0.2) is 21.0 Å². The minimum Gasteiger partial charge on any atom is -0.303 e. The van der Waals surface area contributed by atoms with Gasteiger partial charge in [0, 0.05) is 16.8 Å². The number of rotatable bonds is 2. The fourth-order valence-electron chi connectivity index (χ4n) is 2.92. The van der Waals surface area contributed by atoms with Crippen LogP contribution in [0.1, 0.15) is 11.6 Å². The van der Waals surface area contributed by atoms with Crippen molar-refractivity contribution in [3.05, 3.63) is 70.2 Å². The molecule has 2 heterocycles. The normalized spacial score (nSPS) is 13.1. The summed E-state index contributed by atoms with van der Waals surface area (Å²) < 4.78 is 2.06. The number of aromatic nitrogens is 3. The molecule has 6 heteroatoms. The molecule has 0 radical (unpaired) electrons. The van der Waals surface area contributed by atoms with E-state index in [0.29, 0.717) is 5.02 Å². The number of para-hydroxylation sites is 1. The van der Waals surface area contributed by atoms with E-state index in [-0.39, 0.29) is 0 Å². The van der Waals surface area contributed by atoms with E-state index in [4.69, 9.17) is 11.6 Å². The molecule has 0 bridgehead atoms. The summed E-state index contributed by atoms with van der Waals surface area (Å²) in [5, 5.41) is 10.3. The Morgan fingerprint density at radius 3 is 2.54 bits per heavy atom. The molecule has 3 aromatic rings. The molecule has 0 saturated heterocycles. The van der Waals surface area contributed by atoms with Crippen LogP contribution in [0, 0.1) is 6.92 Å². The van der Waals surface area contributed by atoms with Crippen molar-refractivity contribution in [2.75, 3.05) is 11.2 Å². The first kappa shape index (κ1) is 15.3. The molecule has 0 atom stereocenters. The van der Waals surface area contributed by atoms with Gasteiger partial charge in [-0.25, -0.2) is 0 Å². The molecule has 0 saturated carbocycles. The van der Waals surface area contributed by atoms with Gasteiger partial charge in [-0.15, -0.1) is 22.0 Å². The standard InChI is InChI=1S/C18H15ClN4S/c1-12-20-21-17-11-18(24-2)23(14-6-4-3-5-7-14)16-10-13(19)8-9-15(16)22(12)17/h3-11H,1-2H3. The monoisotopic (exact) mass is 354 g/mol. The number of benzene rings is 2. The number of nitrogens with zero attached hydrogens (tertiary/aromatic N) is 4. The van der Waals surface area contributed by atoms with Gasteiger partial charge >= 0.3 is 0 Å². The quantitative estimate of drug-likeness (QED) is 0.645. The highest BCUT2D eigenvalue weighted by molar-refractivity contribution is 8.02. The van der Waals surface area contributed by atoms with Gasteiger partial charge in [0.1, 0.15) is 5.82 Å². The van der Waals surface area contributed by atoms with E-state index in [1.165, 1.54) is 0 Å². The fourth-order valence-corrected chi connectivity index (χ4v) is 3.70. The van der Waals surface area contributed by atoms with Crippen LogP contribution in [0.15, 0.2) is 53.6 Å². The molecule has 4 rings (SSSR count). The third-order valence-electron chi connectivity index (χ3n) is 3.97. The van der Waals surface area contributed by atoms with Crippen LogP contribution in [0.3, 0.4) is 0 Å². The van der Waals surface area contributed by atoms with Crippen LogP contribution in [0.5, 0.6) is 0 Å². The lowest BCUT2D eigenvalue weighted by atomic mass is 10.2. The Kier molecular flexibility index (Phi) is 3.82. The number of hydrogen-bond donors (Lipinski definition) is 0. The number of aryl methyl sites for hydroxylation is 1. The lowest BCUT2D eigenvalue weighted by Crippen LogP contribution is -2.15. The van der Waals surface area contributed by atoms with Gasteiger partial charge in [0.25, 0.3) is 0 Å². The Morgan fingerprint density at radius 1 is 1.00 bits per heavy atom. The Balaban J connectivity index is 2.06. The van der Waals surface area contributed by atoms with Gasteiger partial charge < -0.3 is 4.90 Å². The predicted molar refractivity (Wildman–Crippen MR) is 101 cm³/mol. The van der Waals surface area contributed by atoms with Crippen LogP contribution in [0.25, 0.3) is 11.8 Å². The molecule has 24 heavy (non-hydrogen) atoms. The van der Waals surface area contributed by atoms with Gasteiger partial charge in [-0.1, -0.05) is 29.8 Å². The SMILES string of the molecule is CSC1=Cc2nnc(C)n2-c2ccc(Cl)cc2N1c1ccccc1. The number of halogens is 1. The summed E-state index contributed by atoms with van der Waals surface area (Å²) in [7, 11) is 0. The lowest BCUT2D eigenvalue weighted by Gasteiger charge is -2.27. The van der Waals surface area contributed by atoms with Gasteiger partial charge in [0.05, 0.1) is 16.4 Å². The molecule has 1 aliphatic heterocycles. The van der Waals surface area contributed by atoms with Crippen molar-refractivity contribution in [1.82, 2.24) is 14.8 Å². The van der Waals surface area contributed by atoms with E-state index in [1.807, 2.05) is 43.3 Å². The molecule has 0 amide bonds. The summed E-state index contributed by atoms with van der Waals surface area (Å²) in [6, 6.07) is 16.2. The molecule has 1 aliphatic rings. The topological polar surface area (TPSA) is 34.0 Å². The first-order chi connectivity index (χ1) is 11.7. The number of thioether (sulfide) groups is 1. The Morgan fingerprint density at radius 2 is 1.79 bits per heavy atom. The summed E-state index contributed by atoms with van der Waals surface area (Å²) in [6.45, 7) is 1.96. The lowest BCUT2D eigenvalue weighted by molar-refractivity contribution is 0.964. The number of anilines is 2. The molecule has 120 valence electrons. The van der Waals surface area contributed by atoms with Crippen LogP contribution in [0.2, 0.25) is 5.02 Å². The zero-order chi connectivity index (χ0) is 16.7. The third kappa shape index (κ3) is 2.41. The summed E-state index contributed by atoms with van der Waals surface area (Å²) in [6.07, 6.45) is 4.12. The summed E-state index contributed by atoms with van der Waals surface area (Å²) in [5.74, 6) is 1.67. The van der Waals surface area contributed by atoms with Crippen molar-refractivity contribution >= 4 is 40.8 Å². The average molecular weight is 355 g/mol. The van der Waals surface area contributed by atoms with Gasteiger partial charge in [-0.2, -0.15) is 0 Å². The van der Waals surface area contributed by atoms with Crippen molar-refractivity contribution < 1.29 is 0 Å². The Hall–Kier alpha value is -2.24. The maximum absolute atomic E-state index is 6.32. The maximum Gasteiger partial charge on any atom is 0.163 e. The molecular weight excluding hydrogens is 340 g/mol. The van der Waals surface area contributed by atoms with Crippen LogP contribution < -0.4 is 4.90 Å². The smallest absolute Gasteiger partial charge is 0.163 e. The second kappa shape index (κ2) is 6.00. The van der Waals surface area contributed by atoms with E-state index in [2.05, 4.69) is 44.1 Å². The minimum absolute atomic E-state index is 0.698. The summed E-state index contributed by atoms with van der Waals surface area (Å²) in [5.41, 5.74) is 3.11. The zero-order valence-electron chi connectivity index (χ0n) is 13.3. The minimum atomic E-state index is 0.698. The summed E-state index contributed by atoms with van der Waals surface area (Å²) in [4.78, 5) is 2.21. The van der Waals surface area contributed by atoms with E-state index in [0.717, 1.165) is 33.7 Å². The highest BCUT2D eigenvalue weighted by atomic mass is 35.5. The van der Waals surface area contributed by atoms with Crippen LogP contribution in [0.4, 0.5) is 11.4 Å². The molecular formula is C18H15ClN4S. The highest BCUT2D eigenvalue weighted by Gasteiger charge is 2.25. The molecule has 0 N–H and O–H groups in total. The molecule has 0 fully saturated rings. The van der Waals surface area contributed by atoms with Crippen LogP contribution in [-0.2, 0) is 0 Å². The zero-order valence-corrected chi connectivity index (χ0v) is 14.8. The molecule has 4 nitrogen and oxygen atoms in total. The second-order valence-corrected chi connectivity index (χ2v) is 6.69. The van der Waals surface area contributed by atoms with Crippen molar-refractivity contribution in [2.24, 2.45) is 0 Å². The predicted octanol–water partition coefficient (Wildman–Crippen LogP) is 5.04. The maximum atomic E-state index is 6.32. The van der Waals surface area contributed by atoms with Gasteiger partial charge in [-0.05, 0) is 43.5 Å². The summed E-state index contributed by atoms with van der Waals surface area (Å²) >= 11 is 7.99. The second-order valence-electron chi connectivity index (χ2n) is 5.43. The Bertz CT molecular complexity index is 933. The molecule has 2 aromatic carbocycles. The first-order valence-corrected chi connectivity index (χ1v) is 9.12. The molecule has 1 aromatic heterocycles. The van der Waals surface area contributed by atoms with E-state index >= 15 is 0 Å². The Labute approximate surface area is 149 Å². The van der Waals surface area contributed by atoms with Crippen molar-refractivity contribution in [1.29, 1.82) is 0 Å². The molecule has 0 unspecified atom stereocenters. The van der Waals surface area contributed by atoms with E-state index < -0.39 is 0 Å². The number of fused-ring (bicyclic) bond motifs is 3. The molecule has 0 spiro atoms. The van der Waals surface area contributed by atoms with Gasteiger partial charge in [0.2, 0.25) is 0 Å². The van der Waals surface area contributed by atoms with Crippen molar-refractivity contribution in [2.45, 2.75) is 6.92 Å². The van der Waals surface area contributed by atoms with Crippen molar-refractivity contribution in [3.8, 4) is 5.69 Å². The van der Waals surface area contributed by atoms with Gasteiger partial charge in [-0.3, -0.25) is 4.57 Å². The molecule has 0 aliphatic carbocycles. The largest absolute Gasteiger partial charge is 0.303 e. The van der Waals surface area contributed by atoms with Crippen molar-refractivity contribution in [3.63, 3.8) is 0 Å². The van der Waals surface area contributed by atoms with Gasteiger partial charge in [0.15, 0.2) is 5.82 Å². The first-order valence-electron chi connectivity index (χ1n) is 7.52. The van der Waals surface area contributed by atoms with E-state index in [9.17, 15) is 0 Å². The van der Waals surface area contributed by atoms with Crippen LogP contribution >= 0.6 is 23.4 Å². The van der Waals surface area contributed by atoms with E-state index in [1.54, 1.807) is 11.8 Å².